The van der Waals surface area contributed by atoms with Gasteiger partial charge in [0.25, 0.3) is 0 Å². The molecule has 0 N–H and O–H groups in total. The number of halogens is 2. The van der Waals surface area contributed by atoms with Crippen LogP contribution in [0.25, 0.3) is 17.0 Å². The largest absolute Gasteiger partial charge is 0.493 e. The van der Waals surface area contributed by atoms with E-state index in [1.807, 2.05) is 4.90 Å². The SMILES string of the molecule is COc1cc2ncc(-c3nc(Cl)c(C#N)cc3F)n2nc1N1CCOCC1. The van der Waals surface area contributed by atoms with Crippen LogP contribution in [0.15, 0.2) is 18.3 Å². The third-order valence-corrected chi connectivity index (χ3v) is 4.55. The molecule has 3 aromatic heterocycles. The predicted molar refractivity (Wildman–Crippen MR) is 95.5 cm³/mol. The average molecular weight is 389 g/mol. The highest BCUT2D eigenvalue weighted by molar-refractivity contribution is 6.30. The van der Waals surface area contributed by atoms with Gasteiger partial charge in [-0.05, 0) is 6.07 Å². The van der Waals surface area contributed by atoms with Crippen molar-refractivity contribution >= 4 is 23.1 Å². The van der Waals surface area contributed by atoms with Gasteiger partial charge in [-0.15, -0.1) is 5.10 Å². The Bertz CT molecular complexity index is 1060. The molecule has 0 amide bonds. The Kier molecular flexibility index (Phi) is 4.51. The number of hydrogen-bond acceptors (Lipinski definition) is 7. The van der Waals surface area contributed by atoms with Crippen LogP contribution in [-0.4, -0.2) is 53.0 Å². The summed E-state index contributed by atoms with van der Waals surface area (Å²) in [4.78, 5) is 10.3. The fraction of sp³-hybridized carbons (Fsp3) is 0.294. The van der Waals surface area contributed by atoms with Gasteiger partial charge in [-0.3, -0.25) is 0 Å². The molecule has 0 radical (unpaired) electrons. The topological polar surface area (TPSA) is 88.6 Å². The minimum atomic E-state index is -0.678. The Balaban J connectivity index is 1.88. The summed E-state index contributed by atoms with van der Waals surface area (Å²) in [6.07, 6.45) is 1.46. The molecular weight excluding hydrogens is 375 g/mol. The fourth-order valence-corrected chi connectivity index (χ4v) is 3.10. The lowest BCUT2D eigenvalue weighted by Crippen LogP contribution is -2.37. The third-order valence-electron chi connectivity index (χ3n) is 4.26. The second-order valence-electron chi connectivity index (χ2n) is 5.82. The first-order valence-corrected chi connectivity index (χ1v) is 8.52. The molecule has 4 heterocycles. The van der Waals surface area contributed by atoms with Crippen LogP contribution in [-0.2, 0) is 4.74 Å². The molecule has 0 atom stereocenters. The van der Waals surface area contributed by atoms with E-state index in [-0.39, 0.29) is 16.4 Å². The average Bonchev–Trinajstić information content (AvgIpc) is 3.11. The number of morpholine rings is 1. The predicted octanol–water partition coefficient (Wildman–Crippen LogP) is 2.30. The van der Waals surface area contributed by atoms with Gasteiger partial charge >= 0.3 is 0 Å². The number of hydrogen-bond donors (Lipinski definition) is 0. The van der Waals surface area contributed by atoms with Crippen LogP contribution in [0.4, 0.5) is 10.2 Å². The first kappa shape index (κ1) is 17.5. The maximum Gasteiger partial charge on any atom is 0.192 e. The third kappa shape index (κ3) is 3.03. The number of pyridine rings is 1. The van der Waals surface area contributed by atoms with Gasteiger partial charge in [0.15, 0.2) is 23.0 Å². The van der Waals surface area contributed by atoms with Crippen molar-refractivity contribution in [3.8, 4) is 23.2 Å². The van der Waals surface area contributed by atoms with Gasteiger partial charge in [-0.1, -0.05) is 11.6 Å². The number of aromatic nitrogens is 4. The van der Waals surface area contributed by atoms with Crippen LogP contribution >= 0.6 is 11.6 Å². The molecule has 1 aliphatic heterocycles. The number of ether oxygens (including phenoxy) is 2. The van der Waals surface area contributed by atoms with Gasteiger partial charge in [0.1, 0.15) is 22.6 Å². The number of nitriles is 1. The molecule has 1 saturated heterocycles. The lowest BCUT2D eigenvalue weighted by atomic mass is 10.2. The zero-order chi connectivity index (χ0) is 19.0. The standard InChI is InChI=1S/C17H14ClFN6O2/c1-26-13-7-14-21-9-12(15-11(19)6-10(8-20)16(18)22-15)25(14)23-17(13)24-2-4-27-5-3-24/h6-7,9H,2-5H2,1H3. The Morgan fingerprint density at radius 3 is 2.81 bits per heavy atom. The van der Waals surface area contributed by atoms with Gasteiger partial charge in [-0.2, -0.15) is 5.26 Å². The number of fused-ring (bicyclic) bond motifs is 1. The van der Waals surface area contributed by atoms with Crippen molar-refractivity contribution in [2.75, 3.05) is 38.3 Å². The molecule has 0 aromatic carbocycles. The summed E-state index contributed by atoms with van der Waals surface area (Å²) in [5, 5.41) is 13.5. The molecule has 0 saturated carbocycles. The normalized spacial score (nSPS) is 14.4. The molecule has 10 heteroatoms. The van der Waals surface area contributed by atoms with Crippen LogP contribution in [0.2, 0.25) is 5.15 Å². The van der Waals surface area contributed by atoms with Crippen molar-refractivity contribution in [2.45, 2.75) is 0 Å². The number of nitrogens with zero attached hydrogens (tertiary/aromatic N) is 6. The van der Waals surface area contributed by atoms with Crippen molar-refractivity contribution in [1.29, 1.82) is 5.26 Å². The van der Waals surface area contributed by atoms with E-state index in [4.69, 9.17) is 26.3 Å². The van der Waals surface area contributed by atoms with E-state index in [0.717, 1.165) is 6.07 Å². The maximum absolute atomic E-state index is 14.5. The van der Waals surface area contributed by atoms with E-state index in [9.17, 15) is 4.39 Å². The van der Waals surface area contributed by atoms with Crippen LogP contribution < -0.4 is 9.64 Å². The van der Waals surface area contributed by atoms with Crippen LogP contribution in [0.1, 0.15) is 5.56 Å². The van der Waals surface area contributed by atoms with Crippen molar-refractivity contribution in [3.63, 3.8) is 0 Å². The van der Waals surface area contributed by atoms with E-state index >= 15 is 0 Å². The number of imidazole rings is 1. The summed E-state index contributed by atoms with van der Waals surface area (Å²) < 4.78 is 26.8. The molecule has 138 valence electrons. The van der Waals surface area contributed by atoms with Crippen LogP contribution in [0.3, 0.4) is 0 Å². The van der Waals surface area contributed by atoms with Crippen LogP contribution in [0, 0.1) is 17.1 Å². The monoisotopic (exact) mass is 388 g/mol. The van der Waals surface area contributed by atoms with E-state index in [1.165, 1.54) is 10.7 Å². The molecular formula is C17H14ClFN6O2. The first-order valence-electron chi connectivity index (χ1n) is 8.14. The van der Waals surface area contributed by atoms with E-state index in [1.54, 1.807) is 19.2 Å². The highest BCUT2D eigenvalue weighted by atomic mass is 35.5. The Morgan fingerprint density at radius 2 is 2.11 bits per heavy atom. The molecule has 0 unspecified atom stereocenters. The second-order valence-corrected chi connectivity index (χ2v) is 6.18. The Labute approximate surface area is 158 Å². The van der Waals surface area contributed by atoms with E-state index in [0.29, 0.717) is 49.2 Å². The maximum atomic E-state index is 14.5. The summed E-state index contributed by atoms with van der Waals surface area (Å²) in [5.41, 5.74) is 0.735. The molecule has 1 aliphatic rings. The molecule has 1 fully saturated rings. The molecule has 0 bridgehead atoms. The molecule has 4 rings (SSSR count). The lowest BCUT2D eigenvalue weighted by Gasteiger charge is -2.28. The number of rotatable bonds is 3. The molecule has 8 nitrogen and oxygen atoms in total. The smallest absolute Gasteiger partial charge is 0.192 e. The van der Waals surface area contributed by atoms with Crippen molar-refractivity contribution in [3.05, 3.63) is 34.9 Å². The summed E-state index contributed by atoms with van der Waals surface area (Å²) in [7, 11) is 1.56. The zero-order valence-electron chi connectivity index (χ0n) is 14.3. The van der Waals surface area contributed by atoms with Gasteiger partial charge in [0, 0.05) is 19.2 Å². The summed E-state index contributed by atoms with van der Waals surface area (Å²) in [6, 6.07) is 4.58. The summed E-state index contributed by atoms with van der Waals surface area (Å²) in [6.45, 7) is 2.49. The lowest BCUT2D eigenvalue weighted by molar-refractivity contribution is 0.122. The summed E-state index contributed by atoms with van der Waals surface area (Å²) in [5.74, 6) is 0.490. The number of anilines is 1. The minimum Gasteiger partial charge on any atom is -0.493 e. The van der Waals surface area contributed by atoms with E-state index in [2.05, 4.69) is 15.1 Å². The van der Waals surface area contributed by atoms with Gasteiger partial charge in [0.05, 0.1) is 32.1 Å². The van der Waals surface area contributed by atoms with Crippen molar-refractivity contribution < 1.29 is 13.9 Å². The highest BCUT2D eigenvalue weighted by Gasteiger charge is 2.22. The highest BCUT2D eigenvalue weighted by Crippen LogP contribution is 2.31. The Hall–Kier alpha value is -2.96. The zero-order valence-corrected chi connectivity index (χ0v) is 15.1. The molecule has 27 heavy (non-hydrogen) atoms. The van der Waals surface area contributed by atoms with Gasteiger partial charge in [0.2, 0.25) is 0 Å². The molecule has 0 spiro atoms. The van der Waals surface area contributed by atoms with Gasteiger partial charge < -0.3 is 14.4 Å². The summed E-state index contributed by atoms with van der Waals surface area (Å²) >= 11 is 5.98. The molecule has 3 aromatic rings. The van der Waals surface area contributed by atoms with Crippen LogP contribution in [0.5, 0.6) is 5.75 Å². The van der Waals surface area contributed by atoms with Gasteiger partial charge in [-0.25, -0.2) is 18.9 Å². The quantitative estimate of drug-likeness (QED) is 0.636. The van der Waals surface area contributed by atoms with E-state index < -0.39 is 5.82 Å². The first-order chi connectivity index (χ1) is 13.1. The fourth-order valence-electron chi connectivity index (χ4n) is 2.92. The van der Waals surface area contributed by atoms with Crippen molar-refractivity contribution in [1.82, 2.24) is 19.6 Å². The second kappa shape index (κ2) is 6.98. The minimum absolute atomic E-state index is 0.0305. The Morgan fingerprint density at radius 1 is 1.33 bits per heavy atom. The van der Waals surface area contributed by atoms with Crippen molar-refractivity contribution in [2.24, 2.45) is 0 Å². The molecule has 0 aliphatic carbocycles. The number of methoxy groups -OCH3 is 1.